The van der Waals surface area contributed by atoms with Crippen LogP contribution in [-0.2, 0) is 20.9 Å². The van der Waals surface area contributed by atoms with Crippen molar-refractivity contribution in [3.8, 4) is 5.75 Å². The molecule has 0 saturated carbocycles. The van der Waals surface area contributed by atoms with Crippen molar-refractivity contribution in [3.05, 3.63) is 59.9 Å². The lowest BCUT2D eigenvalue weighted by atomic mass is 10.0. The number of carbonyl (C=O) groups is 2. The van der Waals surface area contributed by atoms with E-state index in [1.807, 2.05) is 6.07 Å². The van der Waals surface area contributed by atoms with Crippen LogP contribution in [0.15, 0.2) is 48.8 Å². The van der Waals surface area contributed by atoms with E-state index in [1.54, 1.807) is 43.6 Å². The number of hydrogen-bond acceptors (Lipinski definition) is 5. The van der Waals surface area contributed by atoms with Crippen LogP contribution in [0.4, 0.5) is 8.78 Å². The van der Waals surface area contributed by atoms with E-state index in [1.165, 1.54) is 6.07 Å². The number of ether oxygens (including phenoxy) is 2. The van der Waals surface area contributed by atoms with Crippen LogP contribution in [0.3, 0.4) is 0 Å². The summed E-state index contributed by atoms with van der Waals surface area (Å²) >= 11 is 0. The fraction of sp³-hybridized carbons (Fsp3) is 0.350. The van der Waals surface area contributed by atoms with Gasteiger partial charge < -0.3 is 20.1 Å². The van der Waals surface area contributed by atoms with Gasteiger partial charge in [-0.1, -0.05) is 31.2 Å². The fourth-order valence-corrected chi connectivity index (χ4v) is 2.60. The Kier molecular flexibility index (Phi) is 8.97. The summed E-state index contributed by atoms with van der Waals surface area (Å²) in [5, 5.41) is 5.35. The lowest BCUT2D eigenvalue weighted by Crippen LogP contribution is -2.34. The number of amides is 2. The molecule has 1 atom stereocenters. The molecule has 7 nitrogen and oxygen atoms in total. The second kappa shape index (κ2) is 11.7. The highest BCUT2D eigenvalue weighted by Gasteiger charge is 2.19. The minimum absolute atomic E-state index is 0.00495. The molecule has 0 fully saturated rings. The van der Waals surface area contributed by atoms with Gasteiger partial charge >= 0.3 is 6.61 Å². The third-order valence-corrected chi connectivity index (χ3v) is 3.93. The van der Waals surface area contributed by atoms with Crippen molar-refractivity contribution < 1.29 is 27.8 Å². The Morgan fingerprint density at radius 3 is 2.55 bits per heavy atom. The smallest absolute Gasteiger partial charge is 0.387 e. The number of rotatable bonds is 11. The number of benzene rings is 1. The topological polar surface area (TPSA) is 89.5 Å². The molecule has 2 aromatic rings. The number of pyridine rings is 1. The van der Waals surface area contributed by atoms with Crippen molar-refractivity contribution in [2.75, 3.05) is 13.2 Å². The van der Waals surface area contributed by atoms with E-state index in [0.717, 1.165) is 5.56 Å². The molecule has 0 bridgehead atoms. The maximum atomic E-state index is 12.6. The average molecular weight is 407 g/mol. The fourth-order valence-electron chi connectivity index (χ4n) is 2.60. The molecule has 156 valence electrons. The van der Waals surface area contributed by atoms with Gasteiger partial charge in [0.2, 0.25) is 11.8 Å². The predicted octanol–water partition coefficient (Wildman–Crippen LogP) is 2.58. The quantitative estimate of drug-likeness (QED) is 0.598. The number of nitrogens with one attached hydrogen (secondary N) is 2. The number of hydrogen-bond donors (Lipinski definition) is 2. The number of nitrogens with zero attached hydrogens (tertiary/aromatic N) is 1. The highest BCUT2D eigenvalue weighted by Crippen LogP contribution is 2.28. The summed E-state index contributed by atoms with van der Waals surface area (Å²) in [6.07, 6.45) is 3.73. The van der Waals surface area contributed by atoms with Gasteiger partial charge in [0.1, 0.15) is 19.0 Å². The normalized spacial score (nSPS) is 11.7. The first kappa shape index (κ1) is 22.2. The number of aromatic nitrogens is 1. The molecule has 1 heterocycles. The second-order valence-corrected chi connectivity index (χ2v) is 6.08. The zero-order valence-electron chi connectivity index (χ0n) is 15.9. The maximum absolute atomic E-state index is 12.6. The Hall–Kier alpha value is -3.07. The Morgan fingerprint density at radius 1 is 1.10 bits per heavy atom. The van der Waals surface area contributed by atoms with Gasteiger partial charge in [0.05, 0.1) is 6.04 Å². The second-order valence-electron chi connectivity index (χ2n) is 6.08. The van der Waals surface area contributed by atoms with Crippen molar-refractivity contribution in [1.82, 2.24) is 15.6 Å². The van der Waals surface area contributed by atoms with Crippen molar-refractivity contribution in [1.29, 1.82) is 0 Å². The van der Waals surface area contributed by atoms with Gasteiger partial charge in [-0.2, -0.15) is 8.78 Å². The molecular formula is C20H23F2N3O4. The van der Waals surface area contributed by atoms with Crippen molar-refractivity contribution in [3.63, 3.8) is 0 Å². The van der Waals surface area contributed by atoms with E-state index in [-0.39, 0.29) is 24.9 Å². The summed E-state index contributed by atoms with van der Waals surface area (Å²) in [6.45, 7) is -1.47. The molecule has 1 aromatic carbocycles. The van der Waals surface area contributed by atoms with Crippen LogP contribution in [0.2, 0.25) is 0 Å². The van der Waals surface area contributed by atoms with Crippen molar-refractivity contribution in [2.45, 2.75) is 32.5 Å². The van der Waals surface area contributed by atoms with Gasteiger partial charge in [-0.05, 0) is 24.1 Å². The molecule has 2 N–H and O–H groups in total. The zero-order valence-corrected chi connectivity index (χ0v) is 15.9. The Labute approximate surface area is 167 Å². The Morgan fingerprint density at radius 2 is 1.86 bits per heavy atom. The van der Waals surface area contributed by atoms with Crippen LogP contribution < -0.4 is 15.4 Å². The lowest BCUT2D eigenvalue weighted by molar-refractivity contribution is -0.131. The molecule has 1 aromatic heterocycles. The monoisotopic (exact) mass is 407 g/mol. The summed E-state index contributed by atoms with van der Waals surface area (Å²) in [6, 6.07) is 9.33. The minimum Gasteiger partial charge on any atom is -0.434 e. The van der Waals surface area contributed by atoms with Gasteiger partial charge in [0.15, 0.2) is 0 Å². The molecule has 2 amide bonds. The van der Waals surface area contributed by atoms with Crippen LogP contribution in [0.25, 0.3) is 0 Å². The lowest BCUT2D eigenvalue weighted by Gasteiger charge is -2.20. The minimum atomic E-state index is -2.96. The molecule has 0 saturated heterocycles. The third kappa shape index (κ3) is 7.82. The molecule has 0 aliphatic carbocycles. The highest BCUT2D eigenvalue weighted by atomic mass is 19.3. The van der Waals surface area contributed by atoms with Gasteiger partial charge in [0, 0.05) is 24.5 Å². The summed E-state index contributed by atoms with van der Waals surface area (Å²) in [5.41, 5.74) is 1.28. The molecule has 29 heavy (non-hydrogen) atoms. The highest BCUT2D eigenvalue weighted by molar-refractivity contribution is 5.79. The summed E-state index contributed by atoms with van der Waals surface area (Å²) < 4.78 is 34.8. The molecule has 2 rings (SSSR count). The first-order chi connectivity index (χ1) is 14.0. The van der Waals surface area contributed by atoms with Gasteiger partial charge in [-0.15, -0.1) is 0 Å². The van der Waals surface area contributed by atoms with Crippen LogP contribution >= 0.6 is 0 Å². The SMILES string of the molecule is CC[C@@H](NC(=O)COCC(=O)NCc1cccnc1)c1ccccc1OC(F)F. The van der Waals surface area contributed by atoms with Crippen LogP contribution in [0.1, 0.15) is 30.5 Å². The molecule has 0 unspecified atom stereocenters. The predicted molar refractivity (Wildman–Crippen MR) is 101 cm³/mol. The van der Waals surface area contributed by atoms with E-state index in [2.05, 4.69) is 20.4 Å². The summed E-state index contributed by atoms with van der Waals surface area (Å²) in [7, 11) is 0. The van der Waals surface area contributed by atoms with E-state index >= 15 is 0 Å². The standard InChI is InChI=1S/C20H23F2N3O4/c1-2-16(15-7-3-4-8-17(15)29-20(21)22)25-19(27)13-28-12-18(26)24-11-14-6-5-9-23-10-14/h3-10,16,20H,2,11-13H2,1H3,(H,24,26)(H,25,27)/t16-/m1/s1. The summed E-state index contributed by atoms with van der Waals surface area (Å²) in [4.78, 5) is 27.8. The number of para-hydroxylation sites is 1. The van der Waals surface area contributed by atoms with Crippen LogP contribution in [0, 0.1) is 0 Å². The van der Waals surface area contributed by atoms with E-state index in [0.29, 0.717) is 18.5 Å². The molecular weight excluding hydrogens is 384 g/mol. The molecule has 0 spiro atoms. The van der Waals surface area contributed by atoms with Crippen LogP contribution in [-0.4, -0.2) is 36.6 Å². The largest absolute Gasteiger partial charge is 0.434 e. The first-order valence-electron chi connectivity index (χ1n) is 9.06. The van der Waals surface area contributed by atoms with Gasteiger partial charge in [-0.25, -0.2) is 0 Å². The number of halogens is 2. The van der Waals surface area contributed by atoms with E-state index in [4.69, 9.17) is 4.74 Å². The first-order valence-corrected chi connectivity index (χ1v) is 9.06. The van der Waals surface area contributed by atoms with Gasteiger partial charge in [0.25, 0.3) is 0 Å². The van der Waals surface area contributed by atoms with E-state index in [9.17, 15) is 18.4 Å². The van der Waals surface area contributed by atoms with Crippen molar-refractivity contribution >= 4 is 11.8 Å². The molecule has 0 radical (unpaired) electrons. The zero-order chi connectivity index (χ0) is 21.1. The number of carbonyl (C=O) groups excluding carboxylic acids is 2. The number of alkyl halides is 2. The Bertz CT molecular complexity index is 790. The average Bonchev–Trinajstić information content (AvgIpc) is 2.71. The van der Waals surface area contributed by atoms with E-state index < -0.39 is 18.6 Å². The molecule has 0 aliphatic rings. The summed E-state index contributed by atoms with van der Waals surface area (Å²) in [5.74, 6) is -0.835. The van der Waals surface area contributed by atoms with Gasteiger partial charge in [-0.3, -0.25) is 14.6 Å². The van der Waals surface area contributed by atoms with Crippen molar-refractivity contribution in [2.24, 2.45) is 0 Å². The Balaban J connectivity index is 1.78. The molecule has 0 aliphatic heterocycles. The molecule has 9 heteroatoms. The maximum Gasteiger partial charge on any atom is 0.387 e. The van der Waals surface area contributed by atoms with Crippen LogP contribution in [0.5, 0.6) is 5.75 Å². The third-order valence-electron chi connectivity index (χ3n) is 3.93.